The smallest absolute Gasteiger partial charge is 0.370 e. The minimum Gasteiger partial charge on any atom is -0.461 e. The summed E-state index contributed by atoms with van der Waals surface area (Å²) in [5.74, 6) is -2.74. The van der Waals surface area contributed by atoms with Crippen molar-refractivity contribution in [3.05, 3.63) is 54.3 Å². The van der Waals surface area contributed by atoms with Crippen molar-refractivity contribution in [2.75, 3.05) is 30.1 Å². The molecule has 0 bridgehead atoms. The second-order valence-electron chi connectivity index (χ2n) is 9.05. The summed E-state index contributed by atoms with van der Waals surface area (Å²) in [5.41, 5.74) is 0.589. The average molecular weight is 554 g/mol. The Balaban J connectivity index is 2.19. The molecule has 2 aromatic rings. The third kappa shape index (κ3) is 6.65. The van der Waals surface area contributed by atoms with Gasteiger partial charge < -0.3 is 14.4 Å². The molecule has 0 fully saturated rings. The number of rotatable bonds is 10. The molecule has 0 saturated carbocycles. The Morgan fingerprint density at radius 3 is 2.49 bits per heavy atom. The van der Waals surface area contributed by atoms with Gasteiger partial charge in [0.2, 0.25) is 5.83 Å². The molecule has 1 atom stereocenters. The highest BCUT2D eigenvalue weighted by molar-refractivity contribution is 7.98. The highest BCUT2D eigenvalue weighted by Crippen LogP contribution is 2.47. The molecule has 0 unspecified atom stereocenters. The van der Waals surface area contributed by atoms with Crippen LogP contribution in [0.3, 0.4) is 0 Å². The topological polar surface area (TPSA) is 72.9 Å². The number of benzene rings is 2. The number of unbranched alkanes of at least 4 members (excludes halogenated alkanes) is 1. The number of halogens is 2. The highest BCUT2D eigenvalue weighted by Gasteiger charge is 2.42. The van der Waals surface area contributed by atoms with E-state index < -0.39 is 27.0 Å². The van der Waals surface area contributed by atoms with Gasteiger partial charge in [0.25, 0.3) is 0 Å². The quantitative estimate of drug-likeness (QED) is 0.138. The SMILES string of the molecule is CCCC[C@@]1(CC)CN(c2ccc(F)cc2)c2cc(SC)c(O/C=C(\F)C(=O)OCC)cc2S(=O)(=O)C1. The molecule has 0 aromatic heterocycles. The Morgan fingerprint density at radius 2 is 1.89 bits per heavy atom. The van der Waals surface area contributed by atoms with Crippen LogP contribution in [0.25, 0.3) is 0 Å². The van der Waals surface area contributed by atoms with Gasteiger partial charge in [-0.05, 0) is 56.4 Å². The van der Waals surface area contributed by atoms with Gasteiger partial charge in [-0.15, -0.1) is 11.8 Å². The van der Waals surface area contributed by atoms with Gasteiger partial charge in [-0.2, -0.15) is 4.39 Å². The fourth-order valence-electron chi connectivity index (χ4n) is 4.50. The number of sulfone groups is 1. The van der Waals surface area contributed by atoms with Crippen molar-refractivity contribution >= 4 is 38.9 Å². The molecule has 10 heteroatoms. The third-order valence-electron chi connectivity index (χ3n) is 6.57. The van der Waals surface area contributed by atoms with Gasteiger partial charge in [0.15, 0.2) is 9.84 Å². The first-order chi connectivity index (χ1) is 17.6. The first kappa shape index (κ1) is 29.0. The van der Waals surface area contributed by atoms with Crippen LogP contribution < -0.4 is 9.64 Å². The number of anilines is 2. The summed E-state index contributed by atoms with van der Waals surface area (Å²) >= 11 is 1.29. The van der Waals surface area contributed by atoms with E-state index in [1.54, 1.807) is 31.4 Å². The number of fused-ring (bicyclic) bond motifs is 1. The van der Waals surface area contributed by atoms with Crippen LogP contribution in [-0.2, 0) is 19.4 Å². The second kappa shape index (κ2) is 12.3. The minimum atomic E-state index is -3.80. The third-order valence-corrected chi connectivity index (χ3v) is 9.32. The summed E-state index contributed by atoms with van der Waals surface area (Å²) in [6.45, 7) is 6.06. The van der Waals surface area contributed by atoms with E-state index in [2.05, 4.69) is 11.7 Å². The maximum atomic E-state index is 14.1. The van der Waals surface area contributed by atoms with E-state index >= 15 is 0 Å². The van der Waals surface area contributed by atoms with E-state index in [1.165, 1.54) is 30.0 Å². The lowest BCUT2D eigenvalue weighted by atomic mass is 9.81. The Bertz CT molecular complexity index is 1250. The van der Waals surface area contributed by atoms with Crippen LogP contribution >= 0.6 is 11.8 Å². The summed E-state index contributed by atoms with van der Waals surface area (Å²) < 4.78 is 65.7. The number of hydrogen-bond acceptors (Lipinski definition) is 7. The zero-order chi connectivity index (χ0) is 27.2. The van der Waals surface area contributed by atoms with Gasteiger partial charge in [0.1, 0.15) is 17.8 Å². The fraction of sp³-hybridized carbons (Fsp3) is 0.444. The Morgan fingerprint density at radius 1 is 1.19 bits per heavy atom. The van der Waals surface area contributed by atoms with Crippen LogP contribution in [0.2, 0.25) is 0 Å². The van der Waals surface area contributed by atoms with Crippen molar-refractivity contribution in [3.63, 3.8) is 0 Å². The van der Waals surface area contributed by atoms with Gasteiger partial charge in [0.05, 0.1) is 27.8 Å². The molecular formula is C27H33F2NO5S2. The Labute approximate surface area is 221 Å². The van der Waals surface area contributed by atoms with Gasteiger partial charge in [0, 0.05) is 23.7 Å². The average Bonchev–Trinajstić information content (AvgIpc) is 2.98. The maximum absolute atomic E-state index is 14.1. The lowest BCUT2D eigenvalue weighted by Crippen LogP contribution is -2.37. The van der Waals surface area contributed by atoms with Gasteiger partial charge in [-0.25, -0.2) is 17.6 Å². The van der Waals surface area contributed by atoms with Crippen LogP contribution in [0.15, 0.2) is 58.3 Å². The Kier molecular flexibility index (Phi) is 9.63. The molecule has 3 rings (SSSR count). The van der Waals surface area contributed by atoms with E-state index in [0.717, 1.165) is 19.3 Å². The number of hydrogen-bond donors (Lipinski definition) is 0. The van der Waals surface area contributed by atoms with E-state index in [-0.39, 0.29) is 28.8 Å². The molecule has 37 heavy (non-hydrogen) atoms. The molecule has 1 aliphatic rings. The fourth-order valence-corrected chi connectivity index (χ4v) is 7.21. The summed E-state index contributed by atoms with van der Waals surface area (Å²) in [6, 6.07) is 9.05. The molecule has 1 heterocycles. The molecule has 202 valence electrons. The van der Waals surface area contributed by atoms with Crippen LogP contribution in [-0.4, -0.2) is 39.5 Å². The lowest BCUT2D eigenvalue weighted by molar-refractivity contribution is -0.140. The largest absolute Gasteiger partial charge is 0.461 e. The number of esters is 1. The summed E-state index contributed by atoms with van der Waals surface area (Å²) in [4.78, 5) is 14.2. The molecule has 1 aliphatic heterocycles. The number of ether oxygens (including phenoxy) is 2. The number of carbonyl (C=O) groups is 1. The normalized spacial score (nSPS) is 19.2. The van der Waals surface area contributed by atoms with Crippen molar-refractivity contribution in [1.82, 2.24) is 0 Å². The molecule has 2 aromatic carbocycles. The van der Waals surface area contributed by atoms with Crippen molar-refractivity contribution < 1.29 is 31.5 Å². The lowest BCUT2D eigenvalue weighted by Gasteiger charge is -2.36. The van der Waals surface area contributed by atoms with Crippen molar-refractivity contribution in [1.29, 1.82) is 0 Å². The van der Waals surface area contributed by atoms with E-state index in [9.17, 15) is 22.0 Å². The molecule has 0 spiro atoms. The number of thioether (sulfide) groups is 1. The number of nitrogens with zero attached hydrogens (tertiary/aromatic N) is 1. The van der Waals surface area contributed by atoms with Gasteiger partial charge in [-0.3, -0.25) is 0 Å². The van der Waals surface area contributed by atoms with E-state index in [4.69, 9.17) is 4.74 Å². The zero-order valence-electron chi connectivity index (χ0n) is 21.6. The molecular weight excluding hydrogens is 520 g/mol. The van der Waals surface area contributed by atoms with E-state index in [1.807, 2.05) is 11.8 Å². The monoisotopic (exact) mass is 553 g/mol. The van der Waals surface area contributed by atoms with Crippen LogP contribution in [0.1, 0.15) is 46.5 Å². The standard InChI is InChI=1S/C27H33F2NO5S2/c1-5-8-13-27(6-2)17-30(20-11-9-19(28)10-12-20)22-14-24(36-4)23(15-25(22)37(32,33)18-27)35-16-21(29)26(31)34-7-3/h9-12,14-16H,5-8,13,17-18H2,1-4H3/b21-16-/t27-/m0/s1. The molecule has 6 nitrogen and oxygen atoms in total. The maximum Gasteiger partial charge on any atom is 0.370 e. The molecule has 0 saturated heterocycles. The van der Waals surface area contributed by atoms with E-state index in [0.29, 0.717) is 35.5 Å². The number of carbonyl (C=O) groups excluding carboxylic acids is 1. The predicted octanol–water partition coefficient (Wildman–Crippen LogP) is 6.81. The highest BCUT2D eigenvalue weighted by atomic mass is 32.2. The van der Waals surface area contributed by atoms with Gasteiger partial charge in [-0.1, -0.05) is 26.7 Å². The van der Waals surface area contributed by atoms with Crippen molar-refractivity contribution in [3.8, 4) is 5.75 Å². The Hall–Kier alpha value is -2.59. The first-order valence-corrected chi connectivity index (χ1v) is 15.1. The van der Waals surface area contributed by atoms with Crippen LogP contribution in [0, 0.1) is 11.2 Å². The first-order valence-electron chi connectivity index (χ1n) is 12.3. The predicted molar refractivity (Wildman–Crippen MR) is 142 cm³/mol. The zero-order valence-corrected chi connectivity index (χ0v) is 23.2. The summed E-state index contributed by atoms with van der Waals surface area (Å²) in [7, 11) is -3.80. The van der Waals surface area contributed by atoms with Crippen LogP contribution in [0.4, 0.5) is 20.2 Å². The van der Waals surface area contributed by atoms with Crippen LogP contribution in [0.5, 0.6) is 5.75 Å². The molecule has 0 radical (unpaired) electrons. The molecule has 0 N–H and O–H groups in total. The molecule has 0 aliphatic carbocycles. The molecule has 0 amide bonds. The summed E-state index contributed by atoms with van der Waals surface area (Å²) in [5, 5.41) is 0. The van der Waals surface area contributed by atoms with Crippen molar-refractivity contribution in [2.45, 2.75) is 56.2 Å². The van der Waals surface area contributed by atoms with Gasteiger partial charge >= 0.3 is 5.97 Å². The summed E-state index contributed by atoms with van der Waals surface area (Å²) in [6.07, 6.45) is 5.57. The van der Waals surface area contributed by atoms with Crippen molar-refractivity contribution in [2.24, 2.45) is 5.41 Å². The minimum absolute atomic E-state index is 0.00364. The second-order valence-corrected chi connectivity index (χ2v) is 11.9.